The van der Waals surface area contributed by atoms with Crippen LogP contribution in [0, 0.1) is 0 Å². The monoisotopic (exact) mass is 255 g/mol. The number of hydrogen-bond acceptors (Lipinski definition) is 2. The molecule has 0 atom stereocenters. The van der Waals surface area contributed by atoms with Gasteiger partial charge in [0.25, 0.3) is 0 Å². The first kappa shape index (κ1) is 13.6. The van der Waals surface area contributed by atoms with Gasteiger partial charge in [-0.05, 0) is 24.3 Å². The zero-order valence-electron chi connectivity index (χ0n) is 10.4. The Morgan fingerprint density at radius 2 is 2.06 bits per heavy atom. The molecular formula is C12H18ClN3O. The van der Waals surface area contributed by atoms with Gasteiger partial charge in [-0.1, -0.05) is 11.6 Å². The van der Waals surface area contributed by atoms with E-state index >= 15 is 0 Å². The molecule has 94 valence electrons. The van der Waals surface area contributed by atoms with Crippen LogP contribution in [-0.2, 0) is 0 Å². The first-order valence-electron chi connectivity index (χ1n) is 5.41. The Morgan fingerprint density at radius 1 is 1.41 bits per heavy atom. The van der Waals surface area contributed by atoms with Crippen LogP contribution in [0.2, 0.25) is 5.02 Å². The summed E-state index contributed by atoms with van der Waals surface area (Å²) < 4.78 is 5.59. The van der Waals surface area contributed by atoms with E-state index in [2.05, 4.69) is 10.3 Å². The molecule has 0 spiro atoms. The number of nitrogens with one attached hydrogen (secondary N) is 1. The Balaban J connectivity index is 2.35. The Labute approximate surface area is 107 Å². The summed E-state index contributed by atoms with van der Waals surface area (Å²) in [5.41, 5.74) is 0. The molecule has 0 aliphatic heterocycles. The molecule has 0 aliphatic rings. The Hall–Kier alpha value is -1.42. The third-order valence-corrected chi connectivity index (χ3v) is 2.56. The van der Waals surface area contributed by atoms with Gasteiger partial charge in [0.2, 0.25) is 0 Å². The second kappa shape index (κ2) is 7.01. The molecule has 0 heterocycles. The molecule has 0 aromatic heterocycles. The van der Waals surface area contributed by atoms with Crippen molar-refractivity contribution in [2.75, 3.05) is 34.3 Å². The maximum atomic E-state index is 5.79. The third-order valence-electron chi connectivity index (χ3n) is 2.31. The van der Waals surface area contributed by atoms with Crippen LogP contribution in [0.3, 0.4) is 0 Å². The van der Waals surface area contributed by atoms with Crippen molar-refractivity contribution in [3.05, 3.63) is 29.3 Å². The lowest BCUT2D eigenvalue weighted by molar-refractivity contribution is 0.282. The summed E-state index contributed by atoms with van der Waals surface area (Å²) in [5.74, 6) is 1.66. The number of hydrogen-bond donors (Lipinski definition) is 1. The van der Waals surface area contributed by atoms with Crippen LogP contribution in [0.5, 0.6) is 5.75 Å². The number of guanidine groups is 1. The SMILES string of the molecule is CN=C(NC)N(C)CCOc1ccc(Cl)cc1. The number of halogens is 1. The zero-order valence-corrected chi connectivity index (χ0v) is 11.2. The lowest BCUT2D eigenvalue weighted by atomic mass is 10.3. The molecule has 0 radical (unpaired) electrons. The van der Waals surface area contributed by atoms with Gasteiger partial charge in [-0.3, -0.25) is 4.99 Å². The minimum Gasteiger partial charge on any atom is -0.492 e. The number of likely N-dealkylation sites (N-methyl/N-ethyl adjacent to an activating group) is 1. The third kappa shape index (κ3) is 4.53. The van der Waals surface area contributed by atoms with Gasteiger partial charge in [-0.2, -0.15) is 0 Å². The van der Waals surface area contributed by atoms with Crippen LogP contribution in [0.4, 0.5) is 0 Å². The fourth-order valence-corrected chi connectivity index (χ4v) is 1.54. The van der Waals surface area contributed by atoms with Crippen molar-refractivity contribution < 1.29 is 4.74 Å². The molecule has 1 N–H and O–H groups in total. The number of nitrogens with zero attached hydrogens (tertiary/aromatic N) is 2. The molecule has 1 rings (SSSR count). The van der Waals surface area contributed by atoms with Crippen LogP contribution in [0.25, 0.3) is 0 Å². The summed E-state index contributed by atoms with van der Waals surface area (Å²) in [6.07, 6.45) is 0. The van der Waals surface area contributed by atoms with E-state index in [0.717, 1.165) is 18.3 Å². The van der Waals surface area contributed by atoms with Gasteiger partial charge in [-0.15, -0.1) is 0 Å². The molecule has 0 fully saturated rings. The second-order valence-electron chi connectivity index (χ2n) is 3.52. The van der Waals surface area contributed by atoms with Gasteiger partial charge in [0, 0.05) is 26.2 Å². The van der Waals surface area contributed by atoms with E-state index in [9.17, 15) is 0 Å². The highest BCUT2D eigenvalue weighted by Gasteiger charge is 2.02. The first-order chi connectivity index (χ1) is 8.17. The Morgan fingerprint density at radius 3 is 2.59 bits per heavy atom. The van der Waals surface area contributed by atoms with E-state index in [4.69, 9.17) is 16.3 Å². The molecule has 1 aromatic carbocycles. The second-order valence-corrected chi connectivity index (χ2v) is 3.96. The fourth-order valence-electron chi connectivity index (χ4n) is 1.41. The van der Waals surface area contributed by atoms with Gasteiger partial charge >= 0.3 is 0 Å². The van der Waals surface area contributed by atoms with Crippen LogP contribution in [0.15, 0.2) is 29.3 Å². The highest BCUT2D eigenvalue weighted by molar-refractivity contribution is 6.30. The molecule has 0 unspecified atom stereocenters. The predicted octanol–water partition coefficient (Wildman–Crippen LogP) is 1.86. The molecule has 0 bridgehead atoms. The zero-order chi connectivity index (χ0) is 12.7. The maximum absolute atomic E-state index is 5.79. The summed E-state index contributed by atoms with van der Waals surface area (Å²) in [6, 6.07) is 7.34. The van der Waals surface area contributed by atoms with E-state index in [1.165, 1.54) is 0 Å². The average Bonchev–Trinajstić information content (AvgIpc) is 2.33. The fraction of sp³-hybridized carbons (Fsp3) is 0.417. The number of benzene rings is 1. The average molecular weight is 256 g/mol. The standard InChI is InChI=1S/C12H18ClN3O/c1-14-12(15-2)16(3)8-9-17-11-6-4-10(13)5-7-11/h4-7H,8-9H2,1-3H3,(H,14,15). The summed E-state index contributed by atoms with van der Waals surface area (Å²) in [4.78, 5) is 6.10. The van der Waals surface area contributed by atoms with Crippen molar-refractivity contribution in [1.29, 1.82) is 0 Å². The highest BCUT2D eigenvalue weighted by atomic mass is 35.5. The lowest BCUT2D eigenvalue weighted by Crippen LogP contribution is -2.38. The largest absolute Gasteiger partial charge is 0.492 e. The van der Waals surface area contributed by atoms with E-state index < -0.39 is 0 Å². The lowest BCUT2D eigenvalue weighted by Gasteiger charge is -2.20. The number of ether oxygens (including phenoxy) is 1. The summed E-state index contributed by atoms with van der Waals surface area (Å²) in [5, 5.41) is 3.72. The molecule has 0 amide bonds. The van der Waals surface area contributed by atoms with E-state index in [1.807, 2.05) is 43.3 Å². The molecule has 5 heteroatoms. The van der Waals surface area contributed by atoms with Crippen LogP contribution >= 0.6 is 11.6 Å². The van der Waals surface area contributed by atoms with Gasteiger partial charge in [-0.25, -0.2) is 0 Å². The van der Waals surface area contributed by atoms with Crippen molar-refractivity contribution in [2.24, 2.45) is 4.99 Å². The molecular weight excluding hydrogens is 238 g/mol. The van der Waals surface area contributed by atoms with Gasteiger partial charge < -0.3 is 15.0 Å². The van der Waals surface area contributed by atoms with Crippen molar-refractivity contribution in [3.8, 4) is 5.75 Å². The predicted molar refractivity (Wildman–Crippen MR) is 72.0 cm³/mol. The highest BCUT2D eigenvalue weighted by Crippen LogP contribution is 2.15. The number of aliphatic imine (C=N–C) groups is 1. The van der Waals surface area contributed by atoms with Crippen LogP contribution in [-0.4, -0.2) is 45.2 Å². The molecule has 0 aliphatic carbocycles. The van der Waals surface area contributed by atoms with E-state index in [-0.39, 0.29) is 0 Å². The topological polar surface area (TPSA) is 36.9 Å². The molecule has 4 nitrogen and oxygen atoms in total. The number of rotatable bonds is 4. The van der Waals surface area contributed by atoms with Gasteiger partial charge in [0.15, 0.2) is 5.96 Å². The first-order valence-corrected chi connectivity index (χ1v) is 5.79. The van der Waals surface area contributed by atoms with Crippen LogP contribution < -0.4 is 10.1 Å². The Kier molecular flexibility index (Phi) is 5.63. The minimum atomic E-state index is 0.596. The van der Waals surface area contributed by atoms with Crippen molar-refractivity contribution in [1.82, 2.24) is 10.2 Å². The van der Waals surface area contributed by atoms with Crippen molar-refractivity contribution >= 4 is 17.6 Å². The normalized spacial score (nSPS) is 11.2. The summed E-state index contributed by atoms with van der Waals surface area (Å²) >= 11 is 5.79. The van der Waals surface area contributed by atoms with Gasteiger partial charge in [0.1, 0.15) is 12.4 Å². The molecule has 1 aromatic rings. The van der Waals surface area contributed by atoms with Crippen LogP contribution in [0.1, 0.15) is 0 Å². The molecule has 17 heavy (non-hydrogen) atoms. The van der Waals surface area contributed by atoms with E-state index in [0.29, 0.717) is 11.6 Å². The smallest absolute Gasteiger partial charge is 0.193 e. The van der Waals surface area contributed by atoms with Crippen molar-refractivity contribution in [2.45, 2.75) is 0 Å². The van der Waals surface area contributed by atoms with E-state index in [1.54, 1.807) is 7.05 Å². The Bertz CT molecular complexity index is 365. The van der Waals surface area contributed by atoms with Gasteiger partial charge in [0.05, 0.1) is 6.54 Å². The summed E-state index contributed by atoms with van der Waals surface area (Å²) in [7, 11) is 5.56. The summed E-state index contributed by atoms with van der Waals surface area (Å²) in [6.45, 7) is 1.36. The maximum Gasteiger partial charge on any atom is 0.193 e. The minimum absolute atomic E-state index is 0.596. The quantitative estimate of drug-likeness (QED) is 0.659. The van der Waals surface area contributed by atoms with Crippen molar-refractivity contribution in [3.63, 3.8) is 0 Å². The molecule has 0 saturated carbocycles. The molecule has 0 saturated heterocycles.